The van der Waals surface area contributed by atoms with E-state index >= 15 is 0 Å². The highest BCUT2D eigenvalue weighted by Crippen LogP contribution is 2.34. The van der Waals surface area contributed by atoms with E-state index in [0.29, 0.717) is 18.4 Å². The fourth-order valence-corrected chi connectivity index (χ4v) is 2.76. The molecule has 1 aromatic heterocycles. The molecule has 0 radical (unpaired) electrons. The number of hydrogen-bond acceptors (Lipinski definition) is 4. The Hall–Kier alpha value is -1.84. The smallest absolute Gasteiger partial charge is 0.308 e. The largest absolute Gasteiger partial charge is 0.481 e. The molecule has 1 heterocycles. The van der Waals surface area contributed by atoms with Crippen LogP contribution in [-0.4, -0.2) is 24.7 Å². The highest BCUT2D eigenvalue weighted by molar-refractivity contribution is 5.73. The number of hydrogen-bond donors (Lipinski definition) is 0. The third kappa shape index (κ3) is 3.84. The number of methoxy groups -OCH3 is 1. The van der Waals surface area contributed by atoms with Crippen LogP contribution in [0.5, 0.6) is 5.88 Å². The van der Waals surface area contributed by atoms with Crippen LogP contribution in [0.3, 0.4) is 0 Å². The zero-order chi connectivity index (χ0) is 15.2. The van der Waals surface area contributed by atoms with Gasteiger partial charge in [0.05, 0.1) is 19.6 Å². The van der Waals surface area contributed by atoms with E-state index in [9.17, 15) is 4.79 Å². The normalized spacial score (nSPS) is 19.6. The summed E-state index contributed by atoms with van der Waals surface area (Å²) in [5, 5.41) is 0. The number of carbonyl (C=O) groups excluding carboxylic acids is 1. The van der Waals surface area contributed by atoms with Crippen LogP contribution < -0.4 is 4.74 Å². The monoisotopic (exact) mass is 289 g/mol. The van der Waals surface area contributed by atoms with Crippen molar-refractivity contribution in [3.05, 3.63) is 30.0 Å². The van der Waals surface area contributed by atoms with E-state index in [2.05, 4.69) is 11.1 Å². The van der Waals surface area contributed by atoms with Crippen molar-refractivity contribution in [3.8, 4) is 5.88 Å². The van der Waals surface area contributed by atoms with Gasteiger partial charge in [-0.2, -0.15) is 0 Å². The third-order valence-corrected chi connectivity index (χ3v) is 4.13. The highest BCUT2D eigenvalue weighted by atomic mass is 16.5. The van der Waals surface area contributed by atoms with Crippen molar-refractivity contribution in [2.24, 2.45) is 11.8 Å². The Morgan fingerprint density at radius 1 is 1.52 bits per heavy atom. The molecule has 0 N–H and O–H groups in total. The fourth-order valence-electron chi connectivity index (χ4n) is 2.76. The van der Waals surface area contributed by atoms with Gasteiger partial charge in [-0.05, 0) is 49.3 Å². The standard InChI is InChI=1S/C17H23NO3/c1-4-21-17(19)12(2)13-5-7-14(8-6-13)15-9-10-18-16(11-15)20-3/h7,9-13H,4-6,8H2,1-3H3. The van der Waals surface area contributed by atoms with Crippen molar-refractivity contribution in [1.29, 1.82) is 0 Å². The number of aromatic nitrogens is 1. The SMILES string of the molecule is CCOC(=O)C(C)C1CC=C(c2ccnc(OC)c2)CC1. The van der Waals surface area contributed by atoms with Crippen molar-refractivity contribution in [2.75, 3.05) is 13.7 Å². The summed E-state index contributed by atoms with van der Waals surface area (Å²) in [5.74, 6) is 0.895. The van der Waals surface area contributed by atoms with Crippen LogP contribution in [0.15, 0.2) is 24.4 Å². The van der Waals surface area contributed by atoms with Gasteiger partial charge in [0.25, 0.3) is 0 Å². The molecule has 4 heteroatoms. The second-order valence-corrected chi connectivity index (χ2v) is 5.39. The molecule has 0 saturated carbocycles. The summed E-state index contributed by atoms with van der Waals surface area (Å²) in [5.41, 5.74) is 2.46. The molecule has 0 aliphatic heterocycles. The number of ether oxygens (including phenoxy) is 2. The first-order chi connectivity index (χ1) is 10.2. The van der Waals surface area contributed by atoms with Crippen LogP contribution in [0.25, 0.3) is 5.57 Å². The minimum atomic E-state index is -0.0788. The Kier molecular flexibility index (Phi) is 5.37. The summed E-state index contributed by atoms with van der Waals surface area (Å²) in [6, 6.07) is 3.96. The molecule has 4 nitrogen and oxygen atoms in total. The number of nitrogens with zero attached hydrogens (tertiary/aromatic N) is 1. The molecule has 1 aliphatic rings. The minimum absolute atomic E-state index is 0.0327. The summed E-state index contributed by atoms with van der Waals surface area (Å²) < 4.78 is 10.3. The maximum absolute atomic E-state index is 11.8. The van der Waals surface area contributed by atoms with E-state index < -0.39 is 0 Å². The first kappa shape index (κ1) is 15.5. The van der Waals surface area contributed by atoms with E-state index in [4.69, 9.17) is 9.47 Å². The molecular weight excluding hydrogens is 266 g/mol. The van der Waals surface area contributed by atoms with Gasteiger partial charge >= 0.3 is 5.97 Å². The van der Waals surface area contributed by atoms with Crippen molar-refractivity contribution in [2.45, 2.75) is 33.1 Å². The number of allylic oxidation sites excluding steroid dienone is 2. The van der Waals surface area contributed by atoms with Gasteiger partial charge in [-0.1, -0.05) is 13.0 Å². The van der Waals surface area contributed by atoms with E-state index in [1.807, 2.05) is 26.0 Å². The Morgan fingerprint density at radius 3 is 2.95 bits per heavy atom. The molecular formula is C17H23NO3. The molecule has 1 aromatic rings. The van der Waals surface area contributed by atoms with Crippen LogP contribution in [0, 0.1) is 11.8 Å². The summed E-state index contributed by atoms with van der Waals surface area (Å²) in [7, 11) is 1.62. The number of esters is 1. The molecule has 0 saturated heterocycles. The predicted octanol–water partition coefficient (Wildman–Crippen LogP) is 3.47. The lowest BCUT2D eigenvalue weighted by Crippen LogP contribution is -2.24. The summed E-state index contributed by atoms with van der Waals surface area (Å²) in [4.78, 5) is 15.9. The van der Waals surface area contributed by atoms with Crippen LogP contribution in [0.1, 0.15) is 38.7 Å². The molecule has 21 heavy (non-hydrogen) atoms. The Balaban J connectivity index is 2.03. The van der Waals surface area contributed by atoms with E-state index in [0.717, 1.165) is 24.8 Å². The van der Waals surface area contributed by atoms with E-state index in [-0.39, 0.29) is 11.9 Å². The molecule has 0 amide bonds. The van der Waals surface area contributed by atoms with Gasteiger partial charge in [0.15, 0.2) is 0 Å². The number of pyridine rings is 1. The molecule has 2 unspecified atom stereocenters. The number of rotatable bonds is 5. The molecule has 2 rings (SSSR count). The van der Waals surface area contributed by atoms with Crippen LogP contribution in [0.2, 0.25) is 0 Å². The molecule has 2 atom stereocenters. The maximum Gasteiger partial charge on any atom is 0.308 e. The second kappa shape index (κ2) is 7.25. The van der Waals surface area contributed by atoms with Gasteiger partial charge < -0.3 is 9.47 Å². The van der Waals surface area contributed by atoms with Gasteiger partial charge in [-0.3, -0.25) is 4.79 Å². The topological polar surface area (TPSA) is 48.4 Å². The van der Waals surface area contributed by atoms with Gasteiger partial charge in [-0.15, -0.1) is 0 Å². The maximum atomic E-state index is 11.8. The lowest BCUT2D eigenvalue weighted by atomic mass is 9.80. The van der Waals surface area contributed by atoms with Crippen LogP contribution in [0.4, 0.5) is 0 Å². The van der Waals surface area contributed by atoms with Gasteiger partial charge in [-0.25, -0.2) is 4.98 Å². The van der Waals surface area contributed by atoms with E-state index in [1.54, 1.807) is 13.3 Å². The lowest BCUT2D eigenvalue weighted by molar-refractivity contribution is -0.149. The van der Waals surface area contributed by atoms with Gasteiger partial charge in [0.2, 0.25) is 5.88 Å². The van der Waals surface area contributed by atoms with Gasteiger partial charge in [0, 0.05) is 12.3 Å². The zero-order valence-corrected chi connectivity index (χ0v) is 13.0. The Morgan fingerprint density at radius 2 is 2.33 bits per heavy atom. The summed E-state index contributed by atoms with van der Waals surface area (Å²) in [6.07, 6.45) is 6.90. The molecule has 114 valence electrons. The third-order valence-electron chi connectivity index (χ3n) is 4.13. The minimum Gasteiger partial charge on any atom is -0.481 e. The fraction of sp³-hybridized carbons (Fsp3) is 0.529. The van der Waals surface area contributed by atoms with Crippen molar-refractivity contribution in [1.82, 2.24) is 4.98 Å². The quantitative estimate of drug-likeness (QED) is 0.779. The van der Waals surface area contributed by atoms with Crippen molar-refractivity contribution < 1.29 is 14.3 Å². The Labute approximate surface area is 126 Å². The summed E-state index contributed by atoms with van der Waals surface area (Å²) in [6.45, 7) is 4.27. The van der Waals surface area contributed by atoms with Crippen molar-refractivity contribution >= 4 is 11.5 Å². The predicted molar refractivity (Wildman–Crippen MR) is 81.9 cm³/mol. The van der Waals surface area contributed by atoms with E-state index in [1.165, 1.54) is 5.57 Å². The number of carbonyl (C=O) groups is 1. The average molecular weight is 289 g/mol. The zero-order valence-electron chi connectivity index (χ0n) is 13.0. The Bertz CT molecular complexity index is 525. The van der Waals surface area contributed by atoms with Crippen LogP contribution in [-0.2, 0) is 9.53 Å². The second-order valence-electron chi connectivity index (χ2n) is 5.39. The summed E-state index contributed by atoms with van der Waals surface area (Å²) >= 11 is 0. The first-order valence-corrected chi connectivity index (χ1v) is 7.51. The first-order valence-electron chi connectivity index (χ1n) is 7.51. The van der Waals surface area contributed by atoms with Crippen LogP contribution >= 0.6 is 0 Å². The van der Waals surface area contributed by atoms with Crippen molar-refractivity contribution in [3.63, 3.8) is 0 Å². The molecule has 0 bridgehead atoms. The van der Waals surface area contributed by atoms with Gasteiger partial charge in [0.1, 0.15) is 0 Å². The molecule has 0 spiro atoms. The molecule has 0 fully saturated rings. The molecule has 1 aliphatic carbocycles. The molecule has 0 aromatic carbocycles. The lowest BCUT2D eigenvalue weighted by Gasteiger charge is -2.26. The highest BCUT2D eigenvalue weighted by Gasteiger charge is 2.27. The average Bonchev–Trinajstić information content (AvgIpc) is 2.54.